The van der Waals surface area contributed by atoms with Crippen LogP contribution in [0.15, 0.2) is 48.5 Å². The Morgan fingerprint density at radius 3 is 2.16 bits per heavy atom. The maximum atomic E-state index is 12.2. The SMILES string of the molecule is CCCCCCCOc1ccc(NCC(=O)Nc2ccc(C(=O)NC(C)C)cc2)cc1. The molecule has 0 heterocycles. The number of ether oxygens (including phenoxy) is 1. The van der Waals surface area contributed by atoms with Crippen LogP contribution in [0.5, 0.6) is 5.75 Å². The molecule has 0 spiro atoms. The molecule has 0 saturated carbocycles. The van der Waals surface area contributed by atoms with Crippen molar-refractivity contribution < 1.29 is 14.3 Å². The summed E-state index contributed by atoms with van der Waals surface area (Å²) in [6.45, 7) is 6.91. The third kappa shape index (κ3) is 9.55. The Hall–Kier alpha value is -3.02. The Labute approximate surface area is 185 Å². The van der Waals surface area contributed by atoms with Gasteiger partial charge in [0, 0.05) is 23.0 Å². The first-order valence-corrected chi connectivity index (χ1v) is 11.2. The zero-order valence-corrected chi connectivity index (χ0v) is 18.9. The van der Waals surface area contributed by atoms with Crippen LogP contribution in [-0.2, 0) is 4.79 Å². The summed E-state index contributed by atoms with van der Waals surface area (Å²) in [5, 5.41) is 8.76. The molecule has 0 bridgehead atoms. The van der Waals surface area contributed by atoms with E-state index in [0.29, 0.717) is 11.3 Å². The van der Waals surface area contributed by atoms with E-state index in [1.165, 1.54) is 25.7 Å². The largest absolute Gasteiger partial charge is 0.494 e. The fourth-order valence-electron chi connectivity index (χ4n) is 3.00. The number of nitrogens with one attached hydrogen (secondary N) is 3. The number of rotatable bonds is 13. The van der Waals surface area contributed by atoms with E-state index in [1.807, 2.05) is 38.1 Å². The van der Waals surface area contributed by atoms with Crippen LogP contribution >= 0.6 is 0 Å². The highest BCUT2D eigenvalue weighted by atomic mass is 16.5. The van der Waals surface area contributed by atoms with Gasteiger partial charge in [-0.05, 0) is 68.8 Å². The molecule has 0 atom stereocenters. The van der Waals surface area contributed by atoms with E-state index < -0.39 is 0 Å². The Morgan fingerprint density at radius 2 is 1.52 bits per heavy atom. The van der Waals surface area contributed by atoms with Crippen LogP contribution in [0.3, 0.4) is 0 Å². The van der Waals surface area contributed by atoms with Gasteiger partial charge in [-0.3, -0.25) is 9.59 Å². The van der Waals surface area contributed by atoms with Crippen molar-refractivity contribution in [1.82, 2.24) is 5.32 Å². The molecule has 0 saturated heterocycles. The van der Waals surface area contributed by atoms with E-state index in [1.54, 1.807) is 24.3 Å². The first-order valence-electron chi connectivity index (χ1n) is 11.2. The van der Waals surface area contributed by atoms with Gasteiger partial charge in [0.15, 0.2) is 0 Å². The molecule has 0 radical (unpaired) electrons. The molecule has 31 heavy (non-hydrogen) atoms. The van der Waals surface area contributed by atoms with E-state index in [9.17, 15) is 9.59 Å². The van der Waals surface area contributed by atoms with Crippen molar-refractivity contribution in [3.05, 3.63) is 54.1 Å². The van der Waals surface area contributed by atoms with E-state index in [-0.39, 0.29) is 24.4 Å². The molecule has 0 aliphatic carbocycles. The van der Waals surface area contributed by atoms with Crippen molar-refractivity contribution in [2.75, 3.05) is 23.8 Å². The molecule has 2 aromatic rings. The lowest BCUT2D eigenvalue weighted by molar-refractivity contribution is -0.114. The monoisotopic (exact) mass is 425 g/mol. The van der Waals surface area contributed by atoms with Gasteiger partial charge in [-0.2, -0.15) is 0 Å². The predicted octanol–water partition coefficient (Wildman–Crippen LogP) is 5.22. The van der Waals surface area contributed by atoms with Gasteiger partial charge in [-0.25, -0.2) is 0 Å². The minimum atomic E-state index is -0.160. The highest BCUT2D eigenvalue weighted by Gasteiger charge is 2.08. The molecule has 0 aliphatic rings. The summed E-state index contributed by atoms with van der Waals surface area (Å²) >= 11 is 0. The topological polar surface area (TPSA) is 79.5 Å². The van der Waals surface area contributed by atoms with Crippen molar-refractivity contribution in [2.24, 2.45) is 0 Å². The van der Waals surface area contributed by atoms with Crippen LogP contribution < -0.4 is 20.7 Å². The normalized spacial score (nSPS) is 10.6. The van der Waals surface area contributed by atoms with Crippen molar-refractivity contribution in [3.63, 3.8) is 0 Å². The van der Waals surface area contributed by atoms with Gasteiger partial charge in [-0.15, -0.1) is 0 Å². The van der Waals surface area contributed by atoms with Crippen LogP contribution in [-0.4, -0.2) is 31.0 Å². The average molecular weight is 426 g/mol. The van der Waals surface area contributed by atoms with Crippen LogP contribution in [0, 0.1) is 0 Å². The first-order chi connectivity index (χ1) is 15.0. The van der Waals surface area contributed by atoms with Gasteiger partial charge in [0.25, 0.3) is 5.91 Å². The van der Waals surface area contributed by atoms with Crippen LogP contribution in [0.2, 0.25) is 0 Å². The minimum Gasteiger partial charge on any atom is -0.494 e. The molecule has 6 heteroatoms. The number of hydrogen-bond acceptors (Lipinski definition) is 4. The first kappa shape index (κ1) is 24.3. The average Bonchev–Trinajstić information content (AvgIpc) is 2.75. The molecule has 2 aromatic carbocycles. The fourth-order valence-corrected chi connectivity index (χ4v) is 3.00. The second-order valence-corrected chi connectivity index (χ2v) is 7.89. The molecule has 0 fully saturated rings. The number of unbranched alkanes of at least 4 members (excludes halogenated alkanes) is 4. The van der Waals surface area contributed by atoms with E-state index in [0.717, 1.165) is 24.5 Å². The summed E-state index contributed by atoms with van der Waals surface area (Å²) in [4.78, 5) is 24.2. The minimum absolute atomic E-state index is 0.0779. The van der Waals surface area contributed by atoms with Crippen molar-refractivity contribution in [3.8, 4) is 5.75 Å². The molecule has 168 valence electrons. The standard InChI is InChI=1S/C25H35N3O3/c1-4-5-6-7-8-17-31-23-15-13-21(14-16-23)26-18-24(29)28-22-11-9-20(10-12-22)25(30)27-19(2)3/h9-16,19,26H,4-8,17-18H2,1-3H3,(H,27,30)(H,28,29). The summed E-state index contributed by atoms with van der Waals surface area (Å²) in [6, 6.07) is 14.5. The lowest BCUT2D eigenvalue weighted by atomic mass is 10.2. The van der Waals surface area contributed by atoms with Gasteiger partial charge >= 0.3 is 0 Å². The van der Waals surface area contributed by atoms with Crippen LogP contribution in [0.4, 0.5) is 11.4 Å². The lowest BCUT2D eigenvalue weighted by Gasteiger charge is -2.11. The summed E-state index contributed by atoms with van der Waals surface area (Å²) in [5.41, 5.74) is 2.06. The molecule has 0 aromatic heterocycles. The van der Waals surface area contributed by atoms with Gasteiger partial charge in [0.2, 0.25) is 5.91 Å². The summed E-state index contributed by atoms with van der Waals surface area (Å²) in [5.74, 6) is 0.553. The number of anilines is 2. The van der Waals surface area contributed by atoms with Crippen LogP contribution in [0.25, 0.3) is 0 Å². The lowest BCUT2D eigenvalue weighted by Crippen LogP contribution is -2.30. The maximum absolute atomic E-state index is 12.2. The Kier molecular flexibility index (Phi) is 10.4. The number of carbonyl (C=O) groups excluding carboxylic acids is 2. The smallest absolute Gasteiger partial charge is 0.251 e. The van der Waals surface area contributed by atoms with Gasteiger partial charge < -0.3 is 20.7 Å². The van der Waals surface area contributed by atoms with Crippen molar-refractivity contribution in [2.45, 2.75) is 58.9 Å². The van der Waals surface area contributed by atoms with Gasteiger partial charge in [-0.1, -0.05) is 32.6 Å². The van der Waals surface area contributed by atoms with Gasteiger partial charge in [0.1, 0.15) is 5.75 Å². The maximum Gasteiger partial charge on any atom is 0.251 e. The molecule has 0 unspecified atom stereocenters. The molecule has 2 amide bonds. The highest BCUT2D eigenvalue weighted by molar-refractivity contribution is 5.96. The van der Waals surface area contributed by atoms with E-state index in [4.69, 9.17) is 4.74 Å². The molecule has 2 rings (SSSR count). The van der Waals surface area contributed by atoms with Gasteiger partial charge in [0.05, 0.1) is 13.2 Å². The Morgan fingerprint density at radius 1 is 0.871 bits per heavy atom. The molecular weight excluding hydrogens is 390 g/mol. The second kappa shape index (κ2) is 13.3. The van der Waals surface area contributed by atoms with Crippen molar-refractivity contribution in [1.29, 1.82) is 0 Å². The number of benzene rings is 2. The number of carbonyl (C=O) groups is 2. The number of hydrogen-bond donors (Lipinski definition) is 3. The summed E-state index contributed by atoms with van der Waals surface area (Å²) < 4.78 is 5.76. The molecular formula is C25H35N3O3. The molecule has 6 nitrogen and oxygen atoms in total. The van der Waals surface area contributed by atoms with E-state index >= 15 is 0 Å². The Bertz CT molecular complexity index is 802. The summed E-state index contributed by atoms with van der Waals surface area (Å²) in [6.07, 6.45) is 6.08. The zero-order chi connectivity index (χ0) is 22.5. The van der Waals surface area contributed by atoms with E-state index in [2.05, 4.69) is 22.9 Å². The molecule has 0 aliphatic heterocycles. The molecule has 3 N–H and O–H groups in total. The summed E-state index contributed by atoms with van der Waals surface area (Å²) in [7, 11) is 0. The quantitative estimate of drug-likeness (QED) is 0.384. The highest BCUT2D eigenvalue weighted by Crippen LogP contribution is 2.16. The second-order valence-electron chi connectivity index (χ2n) is 7.89. The predicted molar refractivity (Wildman–Crippen MR) is 127 cm³/mol. The van der Waals surface area contributed by atoms with Crippen LogP contribution in [0.1, 0.15) is 63.2 Å². The van der Waals surface area contributed by atoms with Crippen molar-refractivity contribution >= 4 is 23.2 Å². The zero-order valence-electron chi connectivity index (χ0n) is 18.9. The third-order valence-electron chi connectivity index (χ3n) is 4.67. The Balaban J connectivity index is 1.70. The third-order valence-corrected chi connectivity index (χ3v) is 4.67. The number of amides is 2. The fraction of sp³-hybridized carbons (Fsp3) is 0.440.